The smallest absolute Gasteiger partial charge is 0.225 e. The number of thiazole rings is 1. The highest BCUT2D eigenvalue weighted by atomic mass is 35.5. The van der Waals surface area contributed by atoms with Crippen LogP contribution in [-0.4, -0.2) is 10.9 Å². The van der Waals surface area contributed by atoms with Gasteiger partial charge >= 0.3 is 0 Å². The van der Waals surface area contributed by atoms with E-state index in [4.69, 9.17) is 5.73 Å². The second kappa shape index (κ2) is 7.99. The van der Waals surface area contributed by atoms with E-state index in [1.54, 1.807) is 11.3 Å². The van der Waals surface area contributed by atoms with Gasteiger partial charge in [0, 0.05) is 16.8 Å². The van der Waals surface area contributed by atoms with Gasteiger partial charge < -0.3 is 11.1 Å². The van der Waals surface area contributed by atoms with Crippen molar-refractivity contribution in [2.75, 3.05) is 5.73 Å². The summed E-state index contributed by atoms with van der Waals surface area (Å²) in [5.74, 6) is 0.0484. The first-order valence-corrected chi connectivity index (χ1v) is 8.03. The lowest BCUT2D eigenvalue weighted by Gasteiger charge is -2.40. The fraction of sp³-hybridized carbons (Fsp3) is 0.375. The molecule has 2 aromatic rings. The van der Waals surface area contributed by atoms with Gasteiger partial charge in [-0.25, -0.2) is 4.98 Å². The molecule has 0 spiro atoms. The van der Waals surface area contributed by atoms with Crippen LogP contribution in [0.1, 0.15) is 35.5 Å². The molecule has 3 N–H and O–H groups in total. The Kier molecular flexibility index (Phi) is 6.86. The molecule has 23 heavy (non-hydrogen) atoms. The average Bonchev–Trinajstić information content (AvgIpc) is 2.83. The van der Waals surface area contributed by atoms with Gasteiger partial charge in [-0.05, 0) is 43.9 Å². The predicted molar refractivity (Wildman–Crippen MR) is 99.6 cm³/mol. The van der Waals surface area contributed by atoms with E-state index in [1.165, 1.54) is 0 Å². The number of amides is 1. The molecule has 1 saturated carbocycles. The maximum absolute atomic E-state index is 12.3. The number of halogens is 2. The highest BCUT2D eigenvalue weighted by Gasteiger charge is 2.42. The topological polar surface area (TPSA) is 68.0 Å². The molecule has 0 atom stereocenters. The van der Waals surface area contributed by atoms with Crippen molar-refractivity contribution in [3.8, 4) is 0 Å². The Labute approximate surface area is 152 Å². The summed E-state index contributed by atoms with van der Waals surface area (Å²) in [5, 5.41) is 6.28. The third kappa shape index (κ3) is 4.37. The molecule has 7 heteroatoms. The molecule has 0 bridgehead atoms. The zero-order valence-corrected chi connectivity index (χ0v) is 15.3. The number of hydrogen-bond donors (Lipinski definition) is 2. The Balaban J connectivity index is 0.00000132. The first kappa shape index (κ1) is 19.7. The second-order valence-electron chi connectivity index (χ2n) is 5.70. The fourth-order valence-electron chi connectivity index (χ4n) is 2.63. The van der Waals surface area contributed by atoms with Crippen molar-refractivity contribution in [2.45, 2.75) is 38.1 Å². The van der Waals surface area contributed by atoms with Gasteiger partial charge in [0.05, 0.1) is 12.0 Å². The predicted octanol–water partition coefficient (Wildman–Crippen LogP) is 3.62. The highest BCUT2D eigenvalue weighted by Crippen LogP contribution is 2.42. The Bertz CT molecular complexity index is 654. The van der Waals surface area contributed by atoms with Crippen molar-refractivity contribution in [1.29, 1.82) is 0 Å². The van der Waals surface area contributed by atoms with Crippen LogP contribution in [0.3, 0.4) is 0 Å². The lowest BCUT2D eigenvalue weighted by Crippen LogP contribution is -2.51. The average molecular weight is 374 g/mol. The number of aromatic nitrogens is 1. The van der Waals surface area contributed by atoms with E-state index in [0.29, 0.717) is 12.1 Å². The molecule has 0 aliphatic heterocycles. The number of hydrogen-bond acceptors (Lipinski definition) is 4. The molecule has 1 heterocycles. The maximum atomic E-state index is 12.3. The number of nitrogen functional groups attached to an aromatic ring is 1. The normalized spacial score (nSPS) is 14.8. The van der Waals surface area contributed by atoms with Crippen LogP contribution in [0.15, 0.2) is 29.6 Å². The highest BCUT2D eigenvalue weighted by molar-refractivity contribution is 7.09. The van der Waals surface area contributed by atoms with Crippen LogP contribution in [0.5, 0.6) is 0 Å². The quantitative estimate of drug-likeness (QED) is 0.804. The Morgan fingerprint density at radius 2 is 1.96 bits per heavy atom. The Morgan fingerprint density at radius 1 is 1.30 bits per heavy atom. The third-order valence-corrected chi connectivity index (χ3v) is 5.12. The summed E-state index contributed by atoms with van der Waals surface area (Å²) in [6, 6.07) is 7.45. The maximum Gasteiger partial charge on any atom is 0.225 e. The van der Waals surface area contributed by atoms with Crippen molar-refractivity contribution in [1.82, 2.24) is 10.3 Å². The van der Waals surface area contributed by atoms with E-state index in [0.717, 1.165) is 35.5 Å². The molecule has 4 nitrogen and oxygen atoms in total. The number of anilines is 1. The van der Waals surface area contributed by atoms with Crippen molar-refractivity contribution < 1.29 is 4.79 Å². The molecule has 1 aliphatic rings. The van der Waals surface area contributed by atoms with E-state index in [9.17, 15) is 4.79 Å². The molecule has 126 valence electrons. The van der Waals surface area contributed by atoms with Gasteiger partial charge in [0.2, 0.25) is 5.91 Å². The summed E-state index contributed by atoms with van der Waals surface area (Å²) in [7, 11) is 0. The number of aryl methyl sites for hydroxylation is 1. The molecule has 0 unspecified atom stereocenters. The summed E-state index contributed by atoms with van der Waals surface area (Å²) >= 11 is 1.64. The number of carbonyl (C=O) groups is 1. The van der Waals surface area contributed by atoms with Gasteiger partial charge in [0.1, 0.15) is 5.01 Å². The van der Waals surface area contributed by atoms with Crippen LogP contribution in [0.2, 0.25) is 0 Å². The first-order chi connectivity index (χ1) is 10.1. The standard InChI is InChI=1S/C16H19N3OS.2ClH/c1-11-10-21-15(18-11)16(7-2-8-16)19-14(20)9-12-3-5-13(17)6-4-12;;/h3-6,10H,2,7-9,17H2,1H3,(H,19,20);2*1H. The van der Waals surface area contributed by atoms with E-state index in [-0.39, 0.29) is 36.3 Å². The zero-order valence-electron chi connectivity index (χ0n) is 12.9. The zero-order chi connectivity index (χ0) is 14.9. The molecule has 1 aromatic heterocycles. The fourth-order valence-corrected chi connectivity index (χ4v) is 3.64. The summed E-state index contributed by atoms with van der Waals surface area (Å²) < 4.78 is 0. The van der Waals surface area contributed by atoms with Gasteiger partial charge in [0.15, 0.2) is 0 Å². The van der Waals surface area contributed by atoms with Gasteiger partial charge in [-0.1, -0.05) is 12.1 Å². The van der Waals surface area contributed by atoms with Crippen LogP contribution in [0.4, 0.5) is 5.69 Å². The number of benzene rings is 1. The number of carbonyl (C=O) groups excluding carboxylic acids is 1. The minimum Gasteiger partial charge on any atom is -0.399 e. The Hall–Kier alpha value is -1.30. The molecule has 0 saturated heterocycles. The van der Waals surface area contributed by atoms with E-state index < -0.39 is 0 Å². The van der Waals surface area contributed by atoms with Crippen LogP contribution in [-0.2, 0) is 16.8 Å². The molecular weight excluding hydrogens is 353 g/mol. The molecule has 1 fully saturated rings. The minimum absolute atomic E-state index is 0. The first-order valence-electron chi connectivity index (χ1n) is 7.15. The number of nitrogens with one attached hydrogen (secondary N) is 1. The number of nitrogens with zero attached hydrogens (tertiary/aromatic N) is 1. The van der Waals surface area contributed by atoms with E-state index in [2.05, 4.69) is 10.3 Å². The van der Waals surface area contributed by atoms with Gasteiger partial charge in [-0.15, -0.1) is 36.2 Å². The molecule has 0 radical (unpaired) electrons. The van der Waals surface area contributed by atoms with Crippen LogP contribution >= 0.6 is 36.2 Å². The van der Waals surface area contributed by atoms with Gasteiger partial charge in [-0.2, -0.15) is 0 Å². The van der Waals surface area contributed by atoms with Crippen molar-refractivity contribution in [2.24, 2.45) is 0 Å². The lowest BCUT2D eigenvalue weighted by atomic mass is 9.77. The summed E-state index contributed by atoms with van der Waals surface area (Å²) in [6.07, 6.45) is 3.48. The second-order valence-corrected chi connectivity index (χ2v) is 6.55. The van der Waals surface area contributed by atoms with Crippen molar-refractivity contribution in [3.63, 3.8) is 0 Å². The molecule has 1 amide bonds. The van der Waals surface area contributed by atoms with Gasteiger partial charge in [-0.3, -0.25) is 4.79 Å². The minimum atomic E-state index is -0.232. The van der Waals surface area contributed by atoms with E-state index in [1.807, 2.05) is 36.6 Å². The van der Waals surface area contributed by atoms with Crippen LogP contribution in [0, 0.1) is 6.92 Å². The molecule has 3 rings (SSSR count). The molecular formula is C16H21Cl2N3OS. The van der Waals surface area contributed by atoms with Gasteiger partial charge in [0.25, 0.3) is 0 Å². The molecule has 1 aromatic carbocycles. The Morgan fingerprint density at radius 3 is 2.43 bits per heavy atom. The summed E-state index contributed by atoms with van der Waals surface area (Å²) in [4.78, 5) is 16.9. The SMILES string of the molecule is Cc1csc(C2(NC(=O)Cc3ccc(N)cc3)CCC2)n1.Cl.Cl. The number of nitrogens with two attached hydrogens (primary N) is 1. The monoisotopic (exact) mass is 373 g/mol. The third-order valence-electron chi connectivity index (χ3n) is 3.96. The lowest BCUT2D eigenvalue weighted by molar-refractivity contribution is -0.123. The van der Waals surface area contributed by atoms with Crippen LogP contribution < -0.4 is 11.1 Å². The summed E-state index contributed by atoms with van der Waals surface area (Å²) in [6.45, 7) is 1.99. The summed E-state index contributed by atoms with van der Waals surface area (Å²) in [5.41, 5.74) is 8.14. The van der Waals surface area contributed by atoms with E-state index >= 15 is 0 Å². The largest absolute Gasteiger partial charge is 0.399 e. The molecule has 1 aliphatic carbocycles. The van der Waals surface area contributed by atoms with Crippen LogP contribution in [0.25, 0.3) is 0 Å². The van der Waals surface area contributed by atoms with Crippen molar-refractivity contribution >= 4 is 47.7 Å². The van der Waals surface area contributed by atoms with Crippen molar-refractivity contribution in [3.05, 3.63) is 45.9 Å². The number of rotatable bonds is 4.